The number of benzene rings is 3. The highest BCUT2D eigenvalue weighted by Gasteiger charge is 2.23. The number of fused-ring (bicyclic) bond motifs is 2. The maximum atomic E-state index is 13.1. The Kier molecular flexibility index (Phi) is 11.1. The minimum absolute atomic E-state index is 0.0803. The van der Waals surface area contributed by atoms with Gasteiger partial charge in [0.2, 0.25) is 5.36 Å². The number of carboxylic acid groups (broad SMARTS) is 1. The van der Waals surface area contributed by atoms with Crippen molar-refractivity contribution < 1.29 is 33.3 Å². The number of hydrogen-bond donors (Lipinski definition) is 2. The summed E-state index contributed by atoms with van der Waals surface area (Å²) in [5, 5.41) is 14.7. The van der Waals surface area contributed by atoms with Gasteiger partial charge in [-0.1, -0.05) is 5.92 Å². The molecule has 1 aliphatic heterocycles. The molecule has 10 nitrogen and oxygen atoms in total. The predicted molar refractivity (Wildman–Crippen MR) is 170 cm³/mol. The number of carboxylic acids is 1. The summed E-state index contributed by atoms with van der Waals surface area (Å²) < 4.78 is 24.4. The number of aromatic carboxylic acids is 1. The van der Waals surface area contributed by atoms with E-state index in [1.54, 1.807) is 6.07 Å². The van der Waals surface area contributed by atoms with Crippen LogP contribution in [0.4, 0.5) is 5.69 Å². The summed E-state index contributed by atoms with van der Waals surface area (Å²) in [6.07, 6.45) is 5.12. The van der Waals surface area contributed by atoms with Crippen molar-refractivity contribution in [3.05, 3.63) is 71.1 Å². The van der Waals surface area contributed by atoms with Gasteiger partial charge in [0, 0.05) is 60.5 Å². The van der Waals surface area contributed by atoms with Crippen molar-refractivity contribution in [3.8, 4) is 34.8 Å². The zero-order valence-corrected chi connectivity index (χ0v) is 25.5. The SMILES string of the molecule is C#CCOCCOCCOCCNC(=O)c1ccc(C(=O)O)c(-c2c3ccc(=[N+](C)C)cc-3oc3cc(N(C)C)ccc23)c1. The van der Waals surface area contributed by atoms with E-state index in [2.05, 4.69) is 11.2 Å². The average molecular weight is 601 g/mol. The van der Waals surface area contributed by atoms with Crippen LogP contribution in [0.25, 0.3) is 33.4 Å². The second-order valence-electron chi connectivity index (χ2n) is 10.4. The van der Waals surface area contributed by atoms with Crippen LogP contribution in [0.1, 0.15) is 20.7 Å². The standard InChI is InChI=1S/C34H37N3O7/c1-6-14-41-16-18-43-19-17-42-15-13-35-33(38)23-7-10-26(34(39)40)29(20-23)32-27-11-8-24(36(2)3)21-30(27)44-31-22-25(37(4)5)9-12-28(31)32/h1,7-12,20-22H,13-19H2,2-5H3,(H-,35,38,39,40)/p+1. The highest BCUT2D eigenvalue weighted by molar-refractivity contribution is 6.09. The van der Waals surface area contributed by atoms with Gasteiger partial charge in [-0.15, -0.1) is 6.42 Å². The zero-order chi connectivity index (χ0) is 31.6. The van der Waals surface area contributed by atoms with Crippen molar-refractivity contribution in [2.45, 2.75) is 0 Å². The average Bonchev–Trinajstić information content (AvgIpc) is 3.01. The first-order chi connectivity index (χ1) is 21.2. The van der Waals surface area contributed by atoms with Crippen molar-refractivity contribution in [3.63, 3.8) is 0 Å². The number of hydrogen-bond acceptors (Lipinski definition) is 7. The Hall–Kier alpha value is -4.69. The van der Waals surface area contributed by atoms with Gasteiger partial charge in [-0.25, -0.2) is 9.37 Å². The molecule has 0 radical (unpaired) electrons. The maximum Gasteiger partial charge on any atom is 0.336 e. The van der Waals surface area contributed by atoms with E-state index >= 15 is 0 Å². The summed E-state index contributed by atoms with van der Waals surface area (Å²) in [4.78, 5) is 27.6. The Bertz CT molecular complexity index is 1710. The Morgan fingerprint density at radius 2 is 1.66 bits per heavy atom. The quantitative estimate of drug-likeness (QED) is 0.0980. The molecule has 2 N–H and O–H groups in total. The first kappa shape index (κ1) is 32.2. The molecule has 10 heteroatoms. The molecule has 0 saturated heterocycles. The lowest BCUT2D eigenvalue weighted by Crippen LogP contribution is -2.27. The van der Waals surface area contributed by atoms with Gasteiger partial charge in [0.25, 0.3) is 5.91 Å². The minimum atomic E-state index is -1.10. The molecule has 0 unspecified atom stereocenters. The molecule has 2 aromatic rings. The normalized spacial score (nSPS) is 11.0. The number of carbonyl (C=O) groups excluding carboxylic acids is 1. The van der Waals surface area contributed by atoms with Crippen LogP contribution in [0.3, 0.4) is 0 Å². The van der Waals surface area contributed by atoms with Gasteiger partial charge < -0.3 is 34.0 Å². The summed E-state index contributed by atoms with van der Waals surface area (Å²) >= 11 is 0. The molecule has 1 aliphatic carbocycles. The summed E-state index contributed by atoms with van der Waals surface area (Å²) in [6.45, 7) is 2.42. The predicted octanol–water partition coefficient (Wildman–Crippen LogP) is 3.41. The van der Waals surface area contributed by atoms with E-state index in [0.29, 0.717) is 61.1 Å². The largest absolute Gasteiger partial charge is 0.478 e. The van der Waals surface area contributed by atoms with Crippen molar-refractivity contribution in [1.82, 2.24) is 9.89 Å². The number of amides is 1. The number of ether oxygens (including phenoxy) is 3. The fourth-order valence-electron chi connectivity index (χ4n) is 4.70. The lowest BCUT2D eigenvalue weighted by Gasteiger charge is -2.19. The maximum absolute atomic E-state index is 13.1. The van der Waals surface area contributed by atoms with E-state index in [1.165, 1.54) is 12.1 Å². The monoisotopic (exact) mass is 600 g/mol. The molecule has 2 aromatic carbocycles. The molecule has 0 saturated carbocycles. The lowest BCUT2D eigenvalue weighted by atomic mass is 9.89. The first-order valence-corrected chi connectivity index (χ1v) is 14.2. The third kappa shape index (κ3) is 7.82. The van der Waals surface area contributed by atoms with Crippen molar-refractivity contribution in [2.24, 2.45) is 0 Å². The van der Waals surface area contributed by atoms with E-state index in [9.17, 15) is 14.7 Å². The van der Waals surface area contributed by atoms with E-state index in [1.807, 2.05) is 74.1 Å². The highest BCUT2D eigenvalue weighted by atomic mass is 16.5. The Labute approximate surface area is 256 Å². The number of rotatable bonds is 14. The molecule has 44 heavy (non-hydrogen) atoms. The van der Waals surface area contributed by atoms with Gasteiger partial charge >= 0.3 is 5.97 Å². The van der Waals surface area contributed by atoms with E-state index < -0.39 is 5.97 Å². The summed E-state index contributed by atoms with van der Waals surface area (Å²) in [5.74, 6) is 1.55. The number of anilines is 1. The number of nitrogens with one attached hydrogen (secondary N) is 1. The second kappa shape index (κ2) is 15.2. The fraction of sp³-hybridized carbons (Fsp3) is 0.324. The van der Waals surface area contributed by atoms with E-state index in [4.69, 9.17) is 25.1 Å². The molecule has 1 heterocycles. The van der Waals surface area contributed by atoms with Crippen molar-refractivity contribution >= 4 is 28.5 Å². The van der Waals surface area contributed by atoms with Gasteiger partial charge in [-0.3, -0.25) is 4.79 Å². The summed E-state index contributed by atoms with van der Waals surface area (Å²) in [7, 11) is 7.76. The van der Waals surface area contributed by atoms with Crippen LogP contribution in [0, 0.1) is 12.3 Å². The van der Waals surface area contributed by atoms with Crippen molar-refractivity contribution in [1.29, 1.82) is 0 Å². The topological polar surface area (TPSA) is 113 Å². The van der Waals surface area contributed by atoms with Gasteiger partial charge in [0.1, 0.15) is 32.0 Å². The smallest absolute Gasteiger partial charge is 0.336 e. The third-order valence-corrected chi connectivity index (χ3v) is 6.96. The highest BCUT2D eigenvalue weighted by Crippen LogP contribution is 2.42. The molecule has 230 valence electrons. The third-order valence-electron chi connectivity index (χ3n) is 6.96. The van der Waals surface area contributed by atoms with Crippen LogP contribution in [0.5, 0.6) is 0 Å². The van der Waals surface area contributed by atoms with Crippen LogP contribution in [0.2, 0.25) is 0 Å². The molecular formula is C34H38N3O7+. The van der Waals surface area contributed by atoms with E-state index in [-0.39, 0.29) is 24.6 Å². The molecule has 0 fully saturated rings. The number of carbonyl (C=O) groups is 2. The van der Waals surface area contributed by atoms with Gasteiger partial charge in [0.05, 0.1) is 44.7 Å². The molecule has 1 amide bonds. The molecule has 4 rings (SSSR count). The van der Waals surface area contributed by atoms with Crippen LogP contribution in [-0.4, -0.2) is 91.4 Å². The Morgan fingerprint density at radius 1 is 0.932 bits per heavy atom. The molecule has 0 spiro atoms. The van der Waals surface area contributed by atoms with E-state index in [0.717, 1.165) is 22.0 Å². The van der Waals surface area contributed by atoms with Gasteiger partial charge in [-0.05, 0) is 42.0 Å². The van der Waals surface area contributed by atoms with Crippen molar-refractivity contribution in [2.75, 3.05) is 79.3 Å². The van der Waals surface area contributed by atoms with Gasteiger partial charge in [0.15, 0.2) is 0 Å². The Balaban J connectivity index is 1.61. The molecule has 0 bridgehead atoms. The zero-order valence-electron chi connectivity index (χ0n) is 25.5. The summed E-state index contributed by atoms with van der Waals surface area (Å²) in [6, 6.07) is 16.2. The molecule has 2 aliphatic rings. The van der Waals surface area contributed by atoms with Crippen LogP contribution in [-0.2, 0) is 14.2 Å². The molecular weight excluding hydrogens is 562 g/mol. The number of nitrogens with zero attached hydrogens (tertiary/aromatic N) is 2. The Morgan fingerprint density at radius 3 is 2.34 bits per heavy atom. The fourth-order valence-corrected chi connectivity index (χ4v) is 4.70. The number of terminal acetylenes is 1. The second-order valence-corrected chi connectivity index (χ2v) is 10.4. The first-order valence-electron chi connectivity index (χ1n) is 14.2. The minimum Gasteiger partial charge on any atom is -0.478 e. The summed E-state index contributed by atoms with van der Waals surface area (Å²) in [5.41, 5.74) is 3.78. The van der Waals surface area contributed by atoms with Crippen LogP contribution in [0.15, 0.2) is 59.0 Å². The lowest BCUT2D eigenvalue weighted by molar-refractivity contribution is 0.0209. The van der Waals surface area contributed by atoms with Crippen LogP contribution >= 0.6 is 0 Å². The van der Waals surface area contributed by atoms with Crippen LogP contribution < -0.4 is 20.1 Å². The van der Waals surface area contributed by atoms with Gasteiger partial charge in [-0.2, -0.15) is 0 Å². The molecule has 0 aromatic heterocycles. The molecule has 0 atom stereocenters.